The van der Waals surface area contributed by atoms with Crippen LogP contribution in [0.5, 0.6) is 5.75 Å². The van der Waals surface area contributed by atoms with Crippen LogP contribution in [0.3, 0.4) is 0 Å². The number of aliphatic hydroxyl groups excluding tert-OH is 2. The monoisotopic (exact) mass is 593 g/mol. The summed E-state index contributed by atoms with van der Waals surface area (Å²) in [6.45, 7) is 3.75. The fourth-order valence-electron chi connectivity index (χ4n) is 4.05. The molecule has 2 aromatic carbocycles. The van der Waals surface area contributed by atoms with Crippen LogP contribution in [-0.4, -0.2) is 50.6 Å². The molecule has 220 valence electrons. The van der Waals surface area contributed by atoms with Gasteiger partial charge in [0.1, 0.15) is 17.6 Å². The van der Waals surface area contributed by atoms with Crippen LogP contribution in [0.1, 0.15) is 33.4 Å². The number of esters is 1. The molecule has 3 aromatic rings. The summed E-state index contributed by atoms with van der Waals surface area (Å²) in [6.07, 6.45) is -3.20. The van der Waals surface area contributed by atoms with E-state index in [4.69, 9.17) is 18.5 Å². The molecule has 4 N–H and O–H groups in total. The molecule has 0 aliphatic carbocycles. The van der Waals surface area contributed by atoms with Gasteiger partial charge in [0.25, 0.3) is 5.56 Å². The molecule has 0 saturated carbocycles. The van der Waals surface area contributed by atoms with Crippen LogP contribution in [0, 0.1) is 5.82 Å². The summed E-state index contributed by atoms with van der Waals surface area (Å²) in [5.41, 5.74) is -2.25. The van der Waals surface area contributed by atoms with E-state index < -0.39 is 73.4 Å². The van der Waals surface area contributed by atoms with Crippen LogP contribution in [0.4, 0.5) is 4.39 Å². The average molecular weight is 594 g/mol. The molecule has 41 heavy (non-hydrogen) atoms. The maximum Gasteiger partial charge on any atom is 0.460 e. The number of ether oxygens (including phenoxy) is 2. The van der Waals surface area contributed by atoms with E-state index in [-0.39, 0.29) is 12.2 Å². The molecule has 15 heteroatoms. The lowest BCUT2D eigenvalue weighted by Crippen LogP contribution is -2.38. The smallest absolute Gasteiger partial charge is 0.460 e. The van der Waals surface area contributed by atoms with Crippen LogP contribution < -0.4 is 20.9 Å². The fraction of sp³-hybridized carbons (Fsp3) is 0.346. The van der Waals surface area contributed by atoms with Gasteiger partial charge in [-0.25, -0.2) is 9.36 Å². The van der Waals surface area contributed by atoms with Crippen molar-refractivity contribution in [2.45, 2.75) is 51.7 Å². The number of hydrogen-bond acceptors (Lipinski definition) is 10. The minimum atomic E-state index is -4.58. The van der Waals surface area contributed by atoms with Crippen molar-refractivity contribution in [1.29, 1.82) is 0 Å². The molecule has 0 radical (unpaired) electrons. The van der Waals surface area contributed by atoms with E-state index in [0.717, 1.165) is 5.39 Å². The lowest BCUT2D eigenvalue weighted by atomic mass is 10.1. The maximum absolute atomic E-state index is 14.2. The van der Waals surface area contributed by atoms with Gasteiger partial charge < -0.3 is 24.2 Å². The zero-order valence-electron chi connectivity index (χ0n) is 22.3. The van der Waals surface area contributed by atoms with Crippen molar-refractivity contribution in [1.82, 2.24) is 14.6 Å². The van der Waals surface area contributed by atoms with Crippen LogP contribution >= 0.6 is 7.75 Å². The summed E-state index contributed by atoms with van der Waals surface area (Å²) >= 11 is 0. The largest absolute Gasteiger partial charge is 0.508 e. The van der Waals surface area contributed by atoms with Gasteiger partial charge in [0.15, 0.2) is 18.1 Å². The fourth-order valence-corrected chi connectivity index (χ4v) is 5.70. The molecule has 0 fully saturated rings. The third-order valence-electron chi connectivity index (χ3n) is 5.90. The normalized spacial score (nSPS) is 18.1. The van der Waals surface area contributed by atoms with Crippen LogP contribution in [-0.2, 0) is 23.4 Å². The molecule has 13 nitrogen and oxygen atoms in total. The average Bonchev–Trinajstić information content (AvgIpc) is 3.30. The lowest BCUT2D eigenvalue weighted by molar-refractivity contribution is -0.149. The number of aliphatic hydroxyl groups is 2. The summed E-state index contributed by atoms with van der Waals surface area (Å²) in [5, 5.41) is 24.6. The second-order valence-corrected chi connectivity index (χ2v) is 11.1. The molecular weight excluding hydrogens is 564 g/mol. The molecule has 1 unspecified atom stereocenters. The maximum atomic E-state index is 14.2. The van der Waals surface area contributed by atoms with E-state index in [1.807, 2.05) is 0 Å². The van der Waals surface area contributed by atoms with E-state index >= 15 is 0 Å². The number of aromatic amines is 1. The number of H-pyrrole nitrogens is 1. The first-order chi connectivity index (χ1) is 19.4. The highest BCUT2D eigenvalue weighted by molar-refractivity contribution is 7.52. The molecule has 1 aromatic heterocycles. The Hall–Kier alpha value is -3.97. The molecule has 4 rings (SSSR count). The predicted octanol–water partition coefficient (Wildman–Crippen LogP) is 3.01. The number of carbonyl (C=O) groups excluding carboxylic acids is 1. The van der Waals surface area contributed by atoms with Crippen molar-refractivity contribution in [3.05, 3.63) is 86.8 Å². The van der Waals surface area contributed by atoms with E-state index in [1.165, 1.54) is 13.0 Å². The highest BCUT2D eigenvalue weighted by Gasteiger charge is 2.41. The van der Waals surface area contributed by atoms with Gasteiger partial charge in [-0.15, -0.1) is 0 Å². The highest BCUT2D eigenvalue weighted by Crippen LogP contribution is 2.49. The Kier molecular flexibility index (Phi) is 8.98. The molecule has 2 heterocycles. The Bertz CT molecular complexity index is 1630. The van der Waals surface area contributed by atoms with Crippen LogP contribution in [0.15, 0.2) is 69.8 Å². The Balaban J connectivity index is 1.65. The van der Waals surface area contributed by atoms with Crippen molar-refractivity contribution in [2.24, 2.45) is 0 Å². The molecule has 0 saturated heterocycles. The molecule has 4 atom stereocenters. The Morgan fingerprint density at radius 1 is 1.22 bits per heavy atom. The topological polar surface area (TPSA) is 178 Å². The zero-order valence-corrected chi connectivity index (χ0v) is 23.2. The first kappa shape index (κ1) is 30.0. The standard InChI is InChI=1S/C26H29FN3O10P/c1-14(2)37-25(34)15(3)29-41(36,39-20-10-6-8-16-7-4-5-9-17(16)20)40-21(13-31)23-19(32)11-22(38-23)30-12-18(27)24(33)28-26(30)35/h4-10,12,14-15,21-22,31-32H,11,13H2,1-3H3,(H,29,36)(H,28,33,35)/t15-,21+,22?,41-/m0/s1. The SMILES string of the molecule is CC(C)OC(=O)[C@H](C)N[P@](=O)(Oc1cccc2ccccc12)O[C@H](CO)C1=C(O)CC(n2cc(F)c(=O)[nH]c2=O)O1. The molecule has 0 amide bonds. The zero-order chi connectivity index (χ0) is 29.9. The lowest BCUT2D eigenvalue weighted by Gasteiger charge is -2.27. The minimum absolute atomic E-state index is 0.124. The van der Waals surface area contributed by atoms with Crippen LogP contribution in [0.25, 0.3) is 10.8 Å². The summed E-state index contributed by atoms with van der Waals surface area (Å²) < 4.78 is 51.0. The number of nitrogens with zero attached hydrogens (tertiary/aromatic N) is 1. The second kappa shape index (κ2) is 12.3. The van der Waals surface area contributed by atoms with Gasteiger partial charge >= 0.3 is 19.4 Å². The predicted molar refractivity (Wildman–Crippen MR) is 144 cm³/mol. The Morgan fingerprint density at radius 3 is 2.63 bits per heavy atom. The first-order valence-electron chi connectivity index (χ1n) is 12.6. The summed E-state index contributed by atoms with van der Waals surface area (Å²) in [7, 11) is -4.58. The van der Waals surface area contributed by atoms with Gasteiger partial charge in [-0.3, -0.25) is 23.7 Å². The first-order valence-corrected chi connectivity index (χ1v) is 14.1. The molecule has 1 aliphatic heterocycles. The van der Waals surface area contributed by atoms with Gasteiger partial charge in [0.2, 0.25) is 5.82 Å². The molecular formula is C26H29FN3O10P. The van der Waals surface area contributed by atoms with Crippen molar-refractivity contribution in [3.8, 4) is 5.75 Å². The number of rotatable bonds is 11. The summed E-state index contributed by atoms with van der Waals surface area (Å²) in [4.78, 5) is 37.9. The van der Waals surface area contributed by atoms with E-state index in [0.29, 0.717) is 16.2 Å². The summed E-state index contributed by atoms with van der Waals surface area (Å²) in [5.74, 6) is -2.83. The minimum Gasteiger partial charge on any atom is -0.508 e. The number of halogens is 1. The Labute approximate surface area is 232 Å². The van der Waals surface area contributed by atoms with Crippen molar-refractivity contribution in [2.75, 3.05) is 6.61 Å². The van der Waals surface area contributed by atoms with Crippen LogP contribution in [0.2, 0.25) is 0 Å². The van der Waals surface area contributed by atoms with Gasteiger partial charge in [0.05, 0.1) is 25.3 Å². The molecule has 0 bridgehead atoms. The van der Waals surface area contributed by atoms with Crippen molar-refractivity contribution < 1.29 is 42.5 Å². The quantitative estimate of drug-likeness (QED) is 0.190. The van der Waals surface area contributed by atoms with E-state index in [1.54, 1.807) is 55.2 Å². The van der Waals surface area contributed by atoms with Crippen molar-refractivity contribution in [3.63, 3.8) is 0 Å². The number of hydrogen-bond donors (Lipinski definition) is 4. The molecule has 1 aliphatic rings. The van der Waals surface area contributed by atoms with E-state index in [9.17, 15) is 33.6 Å². The Morgan fingerprint density at radius 2 is 1.93 bits per heavy atom. The van der Waals surface area contributed by atoms with Gasteiger partial charge in [-0.1, -0.05) is 36.4 Å². The number of nitrogens with one attached hydrogen (secondary N) is 2. The van der Waals surface area contributed by atoms with Gasteiger partial charge in [-0.2, -0.15) is 9.48 Å². The third kappa shape index (κ3) is 6.85. The number of aromatic nitrogens is 2. The van der Waals surface area contributed by atoms with Gasteiger partial charge in [0, 0.05) is 5.39 Å². The highest BCUT2D eigenvalue weighted by atomic mass is 31.2. The number of fused-ring (bicyclic) bond motifs is 1. The summed E-state index contributed by atoms with van der Waals surface area (Å²) in [6, 6.07) is 10.8. The third-order valence-corrected chi connectivity index (χ3v) is 7.57. The molecule has 0 spiro atoms. The number of benzene rings is 2. The van der Waals surface area contributed by atoms with Crippen molar-refractivity contribution >= 4 is 24.5 Å². The second-order valence-electron chi connectivity index (χ2n) is 9.41. The van der Waals surface area contributed by atoms with Gasteiger partial charge in [-0.05, 0) is 32.2 Å². The number of carbonyl (C=O) groups is 1. The van der Waals surface area contributed by atoms with E-state index in [2.05, 4.69) is 5.09 Å².